The zero-order valence-electron chi connectivity index (χ0n) is 16.9. The van der Waals surface area contributed by atoms with E-state index in [0.29, 0.717) is 22.7 Å². The van der Waals surface area contributed by atoms with Crippen LogP contribution in [0.1, 0.15) is 15.9 Å². The van der Waals surface area contributed by atoms with Crippen molar-refractivity contribution >= 4 is 40.5 Å². The zero-order chi connectivity index (χ0) is 23.1. The molecule has 2 amide bonds. The number of nitrogens with zero attached hydrogens (tertiary/aromatic N) is 1. The second-order valence-electron chi connectivity index (χ2n) is 6.58. The van der Waals surface area contributed by atoms with Crippen molar-refractivity contribution in [2.24, 2.45) is 0 Å². The molecule has 162 valence electrons. The molecule has 0 unspecified atom stereocenters. The van der Waals surface area contributed by atoms with E-state index in [2.05, 4.69) is 16.0 Å². The van der Waals surface area contributed by atoms with E-state index in [9.17, 15) is 14.0 Å². The van der Waals surface area contributed by atoms with Crippen molar-refractivity contribution in [1.29, 1.82) is 5.26 Å². The number of carbonyl (C=O) groups excluding carboxylic acids is 2. The first-order valence-electron chi connectivity index (χ1n) is 9.38. The van der Waals surface area contributed by atoms with E-state index in [1.54, 1.807) is 36.4 Å². The number of halogens is 2. The molecule has 0 bridgehead atoms. The molecule has 7 nitrogen and oxygen atoms in total. The highest BCUT2D eigenvalue weighted by atomic mass is 35.5. The predicted octanol–water partition coefficient (Wildman–Crippen LogP) is 4.66. The number of nitrogens with one attached hydrogen (secondary N) is 3. The van der Waals surface area contributed by atoms with Crippen molar-refractivity contribution < 1.29 is 18.7 Å². The summed E-state index contributed by atoms with van der Waals surface area (Å²) in [6.45, 7) is -0.0182. The lowest BCUT2D eigenvalue weighted by molar-refractivity contribution is -0.114. The first-order valence-corrected chi connectivity index (χ1v) is 9.75. The van der Waals surface area contributed by atoms with Crippen LogP contribution in [-0.2, 0) is 4.79 Å². The van der Waals surface area contributed by atoms with Crippen LogP contribution in [0.5, 0.6) is 5.75 Å². The van der Waals surface area contributed by atoms with E-state index in [1.165, 1.54) is 25.3 Å². The molecule has 0 saturated heterocycles. The van der Waals surface area contributed by atoms with E-state index in [1.807, 2.05) is 6.07 Å². The first kappa shape index (κ1) is 22.6. The third kappa shape index (κ3) is 5.74. The van der Waals surface area contributed by atoms with Gasteiger partial charge in [-0.1, -0.05) is 11.6 Å². The Morgan fingerprint density at radius 3 is 2.41 bits per heavy atom. The summed E-state index contributed by atoms with van der Waals surface area (Å²) in [7, 11) is 1.42. The third-order valence-corrected chi connectivity index (χ3v) is 4.61. The number of benzene rings is 3. The SMILES string of the molecule is COc1ccc(NC(=O)CNc2ccc(C#N)cc2)cc1NC(=O)c1ccc(Cl)cc1F. The van der Waals surface area contributed by atoms with Crippen molar-refractivity contribution in [3.63, 3.8) is 0 Å². The van der Waals surface area contributed by atoms with E-state index < -0.39 is 11.7 Å². The largest absolute Gasteiger partial charge is 0.495 e. The topological polar surface area (TPSA) is 103 Å². The lowest BCUT2D eigenvalue weighted by Crippen LogP contribution is -2.22. The molecule has 0 heterocycles. The second kappa shape index (κ2) is 10.3. The number of hydrogen-bond acceptors (Lipinski definition) is 5. The van der Waals surface area contributed by atoms with E-state index in [4.69, 9.17) is 21.6 Å². The smallest absolute Gasteiger partial charge is 0.258 e. The van der Waals surface area contributed by atoms with Crippen LogP contribution in [0.2, 0.25) is 5.02 Å². The van der Waals surface area contributed by atoms with Crippen LogP contribution in [0.15, 0.2) is 60.7 Å². The molecule has 9 heteroatoms. The molecule has 0 radical (unpaired) electrons. The Balaban J connectivity index is 1.67. The summed E-state index contributed by atoms with van der Waals surface area (Å²) in [6.07, 6.45) is 0. The quantitative estimate of drug-likeness (QED) is 0.483. The highest BCUT2D eigenvalue weighted by Crippen LogP contribution is 2.29. The van der Waals surface area contributed by atoms with Crippen molar-refractivity contribution in [3.05, 3.63) is 82.6 Å². The van der Waals surface area contributed by atoms with Crippen molar-refractivity contribution in [1.82, 2.24) is 0 Å². The summed E-state index contributed by atoms with van der Waals surface area (Å²) < 4.78 is 19.3. The van der Waals surface area contributed by atoms with E-state index in [0.717, 1.165) is 6.07 Å². The number of methoxy groups -OCH3 is 1. The molecule has 3 aromatic rings. The summed E-state index contributed by atoms with van der Waals surface area (Å²) in [5.74, 6) is -1.45. The van der Waals surface area contributed by atoms with Gasteiger partial charge >= 0.3 is 0 Å². The first-order chi connectivity index (χ1) is 15.4. The van der Waals surface area contributed by atoms with Crippen molar-refractivity contribution in [2.45, 2.75) is 0 Å². The Morgan fingerprint density at radius 2 is 1.75 bits per heavy atom. The maximum absolute atomic E-state index is 14.0. The molecule has 0 aliphatic heterocycles. The summed E-state index contributed by atoms with van der Waals surface area (Å²) in [5.41, 5.74) is 1.68. The zero-order valence-corrected chi connectivity index (χ0v) is 17.7. The molecule has 0 fully saturated rings. The summed E-state index contributed by atoms with van der Waals surface area (Å²) in [4.78, 5) is 24.8. The second-order valence-corrected chi connectivity index (χ2v) is 7.02. The Kier molecular flexibility index (Phi) is 7.26. The molecule has 3 N–H and O–H groups in total. The standard InChI is InChI=1S/C23H18ClFN4O3/c1-32-21-9-7-17(28-22(30)13-27-16-5-2-14(12-26)3-6-16)11-20(21)29-23(31)18-8-4-15(24)10-19(18)25/h2-11,27H,13H2,1H3,(H,28,30)(H,29,31). The van der Waals surface area contributed by atoms with Crippen LogP contribution >= 0.6 is 11.6 Å². The van der Waals surface area contributed by atoms with Crippen molar-refractivity contribution in [3.8, 4) is 11.8 Å². The van der Waals surface area contributed by atoms with E-state index >= 15 is 0 Å². The van der Waals surface area contributed by atoms with Gasteiger partial charge in [0.2, 0.25) is 5.91 Å². The molecule has 0 aliphatic rings. The highest BCUT2D eigenvalue weighted by Gasteiger charge is 2.15. The fourth-order valence-electron chi connectivity index (χ4n) is 2.80. The average molecular weight is 453 g/mol. The molecule has 0 aliphatic carbocycles. The van der Waals surface area contributed by atoms with Gasteiger partial charge in [0.15, 0.2) is 0 Å². The summed E-state index contributed by atoms with van der Waals surface area (Å²) >= 11 is 5.73. The normalized spacial score (nSPS) is 10.1. The maximum atomic E-state index is 14.0. The lowest BCUT2D eigenvalue weighted by atomic mass is 10.2. The van der Waals surface area contributed by atoms with Crippen LogP contribution in [0.25, 0.3) is 0 Å². The predicted molar refractivity (Wildman–Crippen MR) is 121 cm³/mol. The molecule has 3 aromatic carbocycles. The number of amides is 2. The number of anilines is 3. The van der Waals surface area contributed by atoms with Gasteiger partial charge in [-0.15, -0.1) is 0 Å². The monoisotopic (exact) mass is 452 g/mol. The Labute approximate surface area is 188 Å². The highest BCUT2D eigenvalue weighted by molar-refractivity contribution is 6.30. The molecule has 0 atom stereocenters. The van der Waals surface area contributed by atoms with Crippen molar-refractivity contribution in [2.75, 3.05) is 29.6 Å². The minimum atomic E-state index is -0.757. The van der Waals surface area contributed by atoms with Gasteiger partial charge < -0.3 is 20.7 Å². The number of carbonyl (C=O) groups is 2. The van der Waals surface area contributed by atoms with Crippen LogP contribution in [0.3, 0.4) is 0 Å². The van der Waals surface area contributed by atoms with Gasteiger partial charge in [0.1, 0.15) is 11.6 Å². The van der Waals surface area contributed by atoms with Crippen LogP contribution in [0.4, 0.5) is 21.5 Å². The fraction of sp³-hybridized carbons (Fsp3) is 0.0870. The fourth-order valence-corrected chi connectivity index (χ4v) is 2.96. The van der Waals surface area contributed by atoms with Crippen LogP contribution in [0, 0.1) is 17.1 Å². The summed E-state index contributed by atoms with van der Waals surface area (Å²) in [6, 6.07) is 17.1. The van der Waals surface area contributed by atoms with Gasteiger partial charge in [-0.2, -0.15) is 5.26 Å². The van der Waals surface area contributed by atoms with Crippen LogP contribution < -0.4 is 20.7 Å². The van der Waals surface area contributed by atoms with Gasteiger partial charge in [0.05, 0.1) is 36.5 Å². The van der Waals surface area contributed by atoms with E-state index in [-0.39, 0.29) is 28.7 Å². The molecule has 0 spiro atoms. The Morgan fingerprint density at radius 1 is 1.03 bits per heavy atom. The molecule has 0 saturated carbocycles. The minimum Gasteiger partial charge on any atom is -0.495 e. The Hall–Kier alpha value is -4.09. The number of nitriles is 1. The third-order valence-electron chi connectivity index (χ3n) is 4.37. The van der Waals surface area contributed by atoms with Gasteiger partial charge in [-0.3, -0.25) is 9.59 Å². The molecule has 32 heavy (non-hydrogen) atoms. The number of hydrogen-bond donors (Lipinski definition) is 3. The molecule has 0 aromatic heterocycles. The average Bonchev–Trinajstić information content (AvgIpc) is 2.78. The number of rotatable bonds is 7. The molecule has 3 rings (SSSR count). The molecular formula is C23H18ClFN4O3. The Bertz CT molecular complexity index is 1190. The van der Waals surface area contributed by atoms with Gasteiger partial charge in [-0.25, -0.2) is 4.39 Å². The van der Waals surface area contributed by atoms with Gasteiger partial charge in [-0.05, 0) is 60.7 Å². The van der Waals surface area contributed by atoms with Gasteiger partial charge in [0, 0.05) is 16.4 Å². The van der Waals surface area contributed by atoms with Gasteiger partial charge in [0.25, 0.3) is 5.91 Å². The van der Waals surface area contributed by atoms with Crippen LogP contribution in [-0.4, -0.2) is 25.5 Å². The lowest BCUT2D eigenvalue weighted by Gasteiger charge is -2.13. The minimum absolute atomic E-state index is 0.0182. The maximum Gasteiger partial charge on any atom is 0.258 e. The summed E-state index contributed by atoms with van der Waals surface area (Å²) in [5, 5.41) is 17.2. The molecular weight excluding hydrogens is 435 g/mol. The number of ether oxygens (including phenoxy) is 1.